The van der Waals surface area contributed by atoms with Crippen molar-refractivity contribution in [1.29, 1.82) is 0 Å². The SMILES string of the molecule is CNC(CC1CCCCC1)c1cc(C)cc(C)c1. The lowest BCUT2D eigenvalue weighted by molar-refractivity contribution is 0.305. The van der Waals surface area contributed by atoms with Crippen molar-refractivity contribution in [2.75, 3.05) is 7.05 Å². The number of benzene rings is 1. The van der Waals surface area contributed by atoms with Crippen LogP contribution in [0.15, 0.2) is 18.2 Å². The minimum Gasteiger partial charge on any atom is -0.313 e. The molecule has 0 aromatic heterocycles. The molecule has 1 heteroatoms. The zero-order valence-electron chi connectivity index (χ0n) is 12.1. The van der Waals surface area contributed by atoms with E-state index in [1.807, 2.05) is 0 Å². The van der Waals surface area contributed by atoms with Crippen molar-refractivity contribution in [2.24, 2.45) is 5.92 Å². The van der Waals surface area contributed by atoms with Crippen LogP contribution in [0.4, 0.5) is 0 Å². The standard InChI is InChI=1S/C17H27N/c1-13-9-14(2)11-16(10-13)17(18-3)12-15-7-5-4-6-8-15/h9-11,15,17-18H,4-8,12H2,1-3H3. The maximum atomic E-state index is 3.52. The minimum absolute atomic E-state index is 0.534. The zero-order valence-corrected chi connectivity index (χ0v) is 12.1. The van der Waals surface area contributed by atoms with Crippen LogP contribution < -0.4 is 5.32 Å². The molecule has 0 spiro atoms. The van der Waals surface area contributed by atoms with Gasteiger partial charge in [-0.25, -0.2) is 0 Å². The average Bonchev–Trinajstić information content (AvgIpc) is 2.36. The molecule has 1 unspecified atom stereocenters. The van der Waals surface area contributed by atoms with Crippen molar-refractivity contribution < 1.29 is 0 Å². The summed E-state index contributed by atoms with van der Waals surface area (Å²) in [4.78, 5) is 0. The van der Waals surface area contributed by atoms with Crippen LogP contribution in [0.2, 0.25) is 0 Å². The maximum absolute atomic E-state index is 3.52. The van der Waals surface area contributed by atoms with Gasteiger partial charge in [0.2, 0.25) is 0 Å². The first-order valence-electron chi connectivity index (χ1n) is 7.44. The molecular formula is C17H27N. The summed E-state index contributed by atoms with van der Waals surface area (Å²) < 4.78 is 0. The molecule has 0 radical (unpaired) electrons. The fourth-order valence-electron chi connectivity index (χ4n) is 3.39. The molecule has 1 fully saturated rings. The molecule has 0 amide bonds. The highest BCUT2D eigenvalue weighted by molar-refractivity contribution is 5.30. The van der Waals surface area contributed by atoms with Crippen LogP contribution in [0.1, 0.15) is 61.3 Å². The van der Waals surface area contributed by atoms with E-state index in [2.05, 4.69) is 44.4 Å². The molecule has 1 saturated carbocycles. The van der Waals surface area contributed by atoms with E-state index in [4.69, 9.17) is 0 Å². The predicted octanol–water partition coefficient (Wildman–Crippen LogP) is 4.53. The molecular weight excluding hydrogens is 218 g/mol. The molecule has 0 aliphatic heterocycles. The Morgan fingerprint density at radius 1 is 1.06 bits per heavy atom. The molecule has 1 aromatic carbocycles. The molecule has 0 saturated heterocycles. The van der Waals surface area contributed by atoms with Crippen LogP contribution in [0.5, 0.6) is 0 Å². The van der Waals surface area contributed by atoms with Gasteiger partial charge in [0.05, 0.1) is 0 Å². The Hall–Kier alpha value is -0.820. The normalized spacial score (nSPS) is 18.8. The second-order valence-corrected chi connectivity index (χ2v) is 6.00. The highest BCUT2D eigenvalue weighted by Crippen LogP contribution is 2.32. The Morgan fingerprint density at radius 3 is 2.22 bits per heavy atom. The minimum atomic E-state index is 0.534. The molecule has 1 aliphatic rings. The van der Waals surface area contributed by atoms with E-state index in [-0.39, 0.29) is 0 Å². The predicted molar refractivity (Wildman–Crippen MR) is 78.9 cm³/mol. The molecule has 1 nitrogen and oxygen atoms in total. The van der Waals surface area contributed by atoms with Gasteiger partial charge in [-0.05, 0) is 38.8 Å². The molecule has 2 rings (SSSR count). The van der Waals surface area contributed by atoms with Gasteiger partial charge in [-0.3, -0.25) is 0 Å². The number of aryl methyl sites for hydroxylation is 2. The van der Waals surface area contributed by atoms with Crippen molar-refractivity contribution >= 4 is 0 Å². The lowest BCUT2D eigenvalue weighted by atomic mass is 9.83. The van der Waals surface area contributed by atoms with Crippen LogP contribution in [0.3, 0.4) is 0 Å². The number of nitrogens with one attached hydrogen (secondary N) is 1. The van der Waals surface area contributed by atoms with E-state index in [0.717, 1.165) is 5.92 Å². The van der Waals surface area contributed by atoms with E-state index >= 15 is 0 Å². The lowest BCUT2D eigenvalue weighted by Gasteiger charge is -2.27. The molecule has 1 atom stereocenters. The van der Waals surface area contributed by atoms with Crippen molar-refractivity contribution in [2.45, 2.75) is 58.4 Å². The first-order valence-corrected chi connectivity index (χ1v) is 7.44. The maximum Gasteiger partial charge on any atom is 0.0320 e. The van der Waals surface area contributed by atoms with Crippen molar-refractivity contribution in [3.05, 3.63) is 34.9 Å². The summed E-state index contributed by atoms with van der Waals surface area (Å²) in [6.45, 7) is 4.40. The topological polar surface area (TPSA) is 12.0 Å². The second-order valence-electron chi connectivity index (χ2n) is 6.00. The van der Waals surface area contributed by atoms with Gasteiger partial charge >= 0.3 is 0 Å². The first-order chi connectivity index (χ1) is 8.69. The number of hydrogen-bond donors (Lipinski definition) is 1. The monoisotopic (exact) mass is 245 g/mol. The van der Waals surface area contributed by atoms with E-state index in [9.17, 15) is 0 Å². The van der Waals surface area contributed by atoms with Crippen LogP contribution in [0.25, 0.3) is 0 Å². The third-order valence-electron chi connectivity index (χ3n) is 4.29. The van der Waals surface area contributed by atoms with Gasteiger partial charge in [-0.1, -0.05) is 61.4 Å². The summed E-state index contributed by atoms with van der Waals surface area (Å²) in [7, 11) is 2.10. The highest BCUT2D eigenvalue weighted by Gasteiger charge is 2.19. The number of hydrogen-bond acceptors (Lipinski definition) is 1. The van der Waals surface area contributed by atoms with Crippen molar-refractivity contribution in [1.82, 2.24) is 5.32 Å². The van der Waals surface area contributed by atoms with Gasteiger partial charge in [0, 0.05) is 6.04 Å². The van der Waals surface area contributed by atoms with E-state index in [0.29, 0.717) is 6.04 Å². The summed E-state index contributed by atoms with van der Waals surface area (Å²) in [6, 6.07) is 7.48. The molecule has 18 heavy (non-hydrogen) atoms. The Balaban J connectivity index is 2.06. The third-order valence-corrected chi connectivity index (χ3v) is 4.29. The average molecular weight is 245 g/mol. The molecule has 1 N–H and O–H groups in total. The van der Waals surface area contributed by atoms with E-state index in [1.165, 1.54) is 55.2 Å². The Morgan fingerprint density at radius 2 is 1.67 bits per heavy atom. The van der Waals surface area contributed by atoms with Crippen LogP contribution in [-0.4, -0.2) is 7.05 Å². The fourth-order valence-corrected chi connectivity index (χ4v) is 3.39. The van der Waals surface area contributed by atoms with Gasteiger partial charge in [-0.15, -0.1) is 0 Å². The molecule has 1 aromatic rings. The molecule has 100 valence electrons. The van der Waals surface area contributed by atoms with Crippen LogP contribution in [0, 0.1) is 19.8 Å². The summed E-state index contributed by atoms with van der Waals surface area (Å²) in [5.41, 5.74) is 4.24. The fraction of sp³-hybridized carbons (Fsp3) is 0.647. The van der Waals surface area contributed by atoms with E-state index in [1.54, 1.807) is 0 Å². The number of rotatable bonds is 4. The van der Waals surface area contributed by atoms with Gasteiger partial charge in [0.25, 0.3) is 0 Å². The van der Waals surface area contributed by atoms with Gasteiger partial charge in [0.1, 0.15) is 0 Å². The lowest BCUT2D eigenvalue weighted by Crippen LogP contribution is -2.21. The van der Waals surface area contributed by atoms with Gasteiger partial charge < -0.3 is 5.32 Å². The molecule has 1 aliphatic carbocycles. The summed E-state index contributed by atoms with van der Waals surface area (Å²) >= 11 is 0. The van der Waals surface area contributed by atoms with Crippen LogP contribution >= 0.6 is 0 Å². The Kier molecular flexibility index (Phi) is 4.82. The van der Waals surface area contributed by atoms with Crippen LogP contribution in [-0.2, 0) is 0 Å². The first kappa shape index (κ1) is 13.6. The second kappa shape index (κ2) is 6.38. The van der Waals surface area contributed by atoms with Crippen molar-refractivity contribution in [3.8, 4) is 0 Å². The van der Waals surface area contributed by atoms with E-state index < -0.39 is 0 Å². The van der Waals surface area contributed by atoms with Gasteiger partial charge in [-0.2, -0.15) is 0 Å². The summed E-state index contributed by atoms with van der Waals surface area (Å²) in [6.07, 6.45) is 8.50. The summed E-state index contributed by atoms with van der Waals surface area (Å²) in [5.74, 6) is 0.928. The molecule has 0 heterocycles. The third kappa shape index (κ3) is 3.58. The zero-order chi connectivity index (χ0) is 13.0. The highest BCUT2D eigenvalue weighted by atomic mass is 14.9. The molecule has 0 bridgehead atoms. The largest absolute Gasteiger partial charge is 0.313 e. The Labute approximate surface area is 112 Å². The van der Waals surface area contributed by atoms with Crippen molar-refractivity contribution in [3.63, 3.8) is 0 Å². The summed E-state index contributed by atoms with van der Waals surface area (Å²) in [5, 5.41) is 3.52. The smallest absolute Gasteiger partial charge is 0.0320 e. The Bertz CT molecular complexity index is 357. The van der Waals surface area contributed by atoms with Gasteiger partial charge in [0.15, 0.2) is 0 Å². The quantitative estimate of drug-likeness (QED) is 0.821.